The molecule has 0 saturated carbocycles. The quantitative estimate of drug-likeness (QED) is 0.459. The van der Waals surface area contributed by atoms with Crippen molar-refractivity contribution in [3.63, 3.8) is 0 Å². The second kappa shape index (κ2) is 11.0. The summed E-state index contributed by atoms with van der Waals surface area (Å²) in [4.78, 5) is 37.3. The number of hydrogen-bond donors (Lipinski definition) is 1. The van der Waals surface area contributed by atoms with Crippen LogP contribution in [0.4, 0.5) is 5.69 Å². The van der Waals surface area contributed by atoms with E-state index in [4.69, 9.17) is 9.47 Å². The Morgan fingerprint density at radius 1 is 1.19 bits per heavy atom. The van der Waals surface area contributed by atoms with Crippen molar-refractivity contribution in [2.45, 2.75) is 32.9 Å². The number of rotatable bonds is 10. The van der Waals surface area contributed by atoms with Gasteiger partial charge in [-0.25, -0.2) is 0 Å². The lowest BCUT2D eigenvalue weighted by atomic mass is 10.1. The molecule has 0 fully saturated rings. The summed E-state index contributed by atoms with van der Waals surface area (Å²) in [6.07, 6.45) is 0.433. The number of aryl methyl sites for hydroxylation is 1. The van der Waals surface area contributed by atoms with Gasteiger partial charge in [-0.05, 0) is 25.0 Å². The summed E-state index contributed by atoms with van der Waals surface area (Å²) in [7, 11) is 2.84. The lowest BCUT2D eigenvalue weighted by Crippen LogP contribution is -2.49. The molecule has 1 atom stereocenters. The highest BCUT2D eigenvalue weighted by Crippen LogP contribution is 2.30. The highest BCUT2D eigenvalue weighted by molar-refractivity contribution is 5.88. The predicted molar refractivity (Wildman–Crippen MR) is 115 cm³/mol. The van der Waals surface area contributed by atoms with Gasteiger partial charge in [-0.1, -0.05) is 36.8 Å². The number of carbonyl (C=O) groups excluding carboxylic acids is 2. The molecule has 9 nitrogen and oxygen atoms in total. The van der Waals surface area contributed by atoms with E-state index in [0.717, 1.165) is 11.1 Å². The molecule has 0 spiro atoms. The fraction of sp³-hybridized carbons (Fsp3) is 0.364. The molecule has 0 radical (unpaired) electrons. The molecule has 9 heteroatoms. The molecule has 0 aliphatic rings. The largest absolute Gasteiger partial charge is 0.490 e. The van der Waals surface area contributed by atoms with Gasteiger partial charge in [0.05, 0.1) is 12.0 Å². The Hall–Kier alpha value is -3.62. The number of amides is 2. The first-order valence-corrected chi connectivity index (χ1v) is 9.82. The number of nitrogens with one attached hydrogen (secondary N) is 1. The molecular weight excluding hydrogens is 402 g/mol. The summed E-state index contributed by atoms with van der Waals surface area (Å²) in [5.41, 5.74) is 1.78. The van der Waals surface area contributed by atoms with Crippen LogP contribution in [0.25, 0.3) is 0 Å². The Labute approximate surface area is 181 Å². The van der Waals surface area contributed by atoms with Crippen LogP contribution in [0.2, 0.25) is 0 Å². The van der Waals surface area contributed by atoms with E-state index < -0.39 is 11.0 Å². The fourth-order valence-corrected chi connectivity index (χ4v) is 3.10. The minimum absolute atomic E-state index is 0.0308. The van der Waals surface area contributed by atoms with E-state index in [1.165, 1.54) is 37.3 Å². The average molecular weight is 429 g/mol. The molecule has 2 aromatic carbocycles. The first kappa shape index (κ1) is 23.7. The number of nitro benzene ring substituents is 1. The smallest absolute Gasteiger partial charge is 0.311 e. The van der Waals surface area contributed by atoms with Gasteiger partial charge in [0, 0.05) is 25.7 Å². The highest BCUT2D eigenvalue weighted by Gasteiger charge is 2.28. The Morgan fingerprint density at radius 3 is 2.42 bits per heavy atom. The van der Waals surface area contributed by atoms with Crippen LogP contribution < -0.4 is 14.8 Å². The maximum Gasteiger partial charge on any atom is 0.311 e. The Balaban J connectivity index is 2.21. The highest BCUT2D eigenvalue weighted by atomic mass is 16.6. The number of nitrogens with zero attached hydrogens (tertiary/aromatic N) is 2. The molecule has 0 saturated heterocycles. The van der Waals surface area contributed by atoms with E-state index in [1.54, 1.807) is 0 Å². The van der Waals surface area contributed by atoms with Crippen molar-refractivity contribution >= 4 is 17.5 Å². The van der Waals surface area contributed by atoms with E-state index in [9.17, 15) is 19.7 Å². The Kier molecular flexibility index (Phi) is 8.36. The van der Waals surface area contributed by atoms with Crippen LogP contribution in [0, 0.1) is 17.0 Å². The molecular formula is C22H27N3O6. The van der Waals surface area contributed by atoms with E-state index in [1.807, 2.05) is 38.1 Å². The summed E-state index contributed by atoms with van der Waals surface area (Å²) in [5.74, 6) is -0.365. The molecule has 1 N–H and O–H groups in total. The van der Waals surface area contributed by atoms with Crippen LogP contribution in [0.5, 0.6) is 11.5 Å². The summed E-state index contributed by atoms with van der Waals surface area (Å²) in [6, 6.07) is 11.1. The zero-order chi connectivity index (χ0) is 23.0. The number of carbonyl (C=O) groups is 2. The first-order valence-electron chi connectivity index (χ1n) is 9.82. The van der Waals surface area contributed by atoms with Crippen molar-refractivity contribution in [1.82, 2.24) is 10.2 Å². The van der Waals surface area contributed by atoms with Crippen molar-refractivity contribution < 1.29 is 24.0 Å². The zero-order valence-electron chi connectivity index (χ0n) is 18.1. The van der Waals surface area contributed by atoms with Crippen LogP contribution in [0.3, 0.4) is 0 Å². The molecule has 0 aromatic heterocycles. The number of nitro groups is 1. The maximum atomic E-state index is 13.0. The normalized spacial score (nSPS) is 11.4. The van der Waals surface area contributed by atoms with Crippen LogP contribution in [0.15, 0.2) is 42.5 Å². The Morgan fingerprint density at radius 2 is 1.87 bits per heavy atom. The summed E-state index contributed by atoms with van der Waals surface area (Å²) in [5, 5.41) is 13.6. The van der Waals surface area contributed by atoms with Crippen molar-refractivity contribution in [3.05, 3.63) is 63.7 Å². The van der Waals surface area contributed by atoms with Gasteiger partial charge in [0.2, 0.25) is 11.7 Å². The summed E-state index contributed by atoms with van der Waals surface area (Å²) >= 11 is 0. The third kappa shape index (κ3) is 6.18. The molecule has 0 bridgehead atoms. The van der Waals surface area contributed by atoms with Crippen LogP contribution in [-0.2, 0) is 16.1 Å². The lowest BCUT2D eigenvalue weighted by molar-refractivity contribution is -0.385. The van der Waals surface area contributed by atoms with E-state index in [-0.39, 0.29) is 42.2 Å². The van der Waals surface area contributed by atoms with Crippen molar-refractivity contribution in [2.24, 2.45) is 0 Å². The Bertz CT molecular complexity index is 929. The zero-order valence-corrected chi connectivity index (χ0v) is 18.1. The minimum atomic E-state index is -0.659. The maximum absolute atomic E-state index is 13.0. The standard InChI is InChI=1S/C22H27N3O6/c1-5-18(22(27)23-3)24(13-16-8-6-15(2)7-9-16)21(26)14-31-17-10-11-19(25(28)29)20(12-17)30-4/h6-12,18H,5,13-14H2,1-4H3,(H,23,27)/t18-/m1/s1. The van der Waals surface area contributed by atoms with Crippen molar-refractivity contribution in [2.75, 3.05) is 20.8 Å². The van der Waals surface area contributed by atoms with Crippen LogP contribution in [0.1, 0.15) is 24.5 Å². The molecule has 2 rings (SSSR count). The molecule has 166 valence electrons. The predicted octanol–water partition coefficient (Wildman–Crippen LogP) is 2.84. The first-order chi connectivity index (χ1) is 14.8. The van der Waals surface area contributed by atoms with Gasteiger partial charge in [-0.3, -0.25) is 19.7 Å². The van der Waals surface area contributed by atoms with Crippen molar-refractivity contribution in [3.8, 4) is 11.5 Å². The molecule has 0 aliphatic carbocycles. The van der Waals surface area contributed by atoms with Crippen LogP contribution >= 0.6 is 0 Å². The second-order valence-electron chi connectivity index (χ2n) is 6.92. The van der Waals surface area contributed by atoms with Gasteiger partial charge in [0.1, 0.15) is 11.8 Å². The molecule has 0 unspecified atom stereocenters. The number of hydrogen-bond acceptors (Lipinski definition) is 6. The van der Waals surface area contributed by atoms with Gasteiger partial charge >= 0.3 is 5.69 Å². The van der Waals surface area contributed by atoms with Gasteiger partial charge in [0.15, 0.2) is 6.61 Å². The SMILES string of the molecule is CC[C@H](C(=O)NC)N(Cc1ccc(C)cc1)C(=O)COc1ccc([N+](=O)[O-])c(OC)c1. The monoisotopic (exact) mass is 429 g/mol. The van der Waals surface area contributed by atoms with Gasteiger partial charge in [0.25, 0.3) is 5.91 Å². The molecule has 0 heterocycles. The van der Waals surface area contributed by atoms with E-state index >= 15 is 0 Å². The minimum Gasteiger partial charge on any atom is -0.490 e. The number of methoxy groups -OCH3 is 1. The summed E-state index contributed by atoms with van der Waals surface area (Å²) < 4.78 is 10.6. The molecule has 31 heavy (non-hydrogen) atoms. The van der Waals surface area contributed by atoms with E-state index in [0.29, 0.717) is 6.42 Å². The number of likely N-dealkylation sites (N-methyl/N-ethyl adjacent to an activating group) is 1. The van der Waals surface area contributed by atoms with Gasteiger partial charge in [-0.15, -0.1) is 0 Å². The van der Waals surface area contributed by atoms with Gasteiger partial charge < -0.3 is 19.7 Å². The summed E-state index contributed by atoms with van der Waals surface area (Å²) in [6.45, 7) is 3.72. The lowest BCUT2D eigenvalue weighted by Gasteiger charge is -2.30. The fourth-order valence-electron chi connectivity index (χ4n) is 3.10. The van der Waals surface area contributed by atoms with E-state index in [2.05, 4.69) is 5.32 Å². The van der Waals surface area contributed by atoms with Crippen molar-refractivity contribution in [1.29, 1.82) is 0 Å². The molecule has 0 aliphatic heterocycles. The average Bonchev–Trinajstić information content (AvgIpc) is 2.77. The third-order valence-corrected chi connectivity index (χ3v) is 4.82. The number of ether oxygens (including phenoxy) is 2. The van der Waals surface area contributed by atoms with Gasteiger partial charge in [-0.2, -0.15) is 0 Å². The molecule has 2 aromatic rings. The molecule has 2 amide bonds. The van der Waals surface area contributed by atoms with Crippen LogP contribution in [-0.4, -0.2) is 48.4 Å². The third-order valence-electron chi connectivity index (χ3n) is 4.82. The topological polar surface area (TPSA) is 111 Å². The number of benzene rings is 2. The second-order valence-corrected chi connectivity index (χ2v) is 6.92.